The molecule has 116 valence electrons. The zero-order valence-electron chi connectivity index (χ0n) is 13.0. The highest BCUT2D eigenvalue weighted by atomic mass is 15.3. The lowest BCUT2D eigenvalue weighted by Crippen LogP contribution is -2.46. The van der Waals surface area contributed by atoms with Gasteiger partial charge in [-0.2, -0.15) is 0 Å². The fourth-order valence-electron chi connectivity index (χ4n) is 3.48. The zero-order valence-corrected chi connectivity index (χ0v) is 13.0. The Morgan fingerprint density at radius 1 is 1.19 bits per heavy atom. The Balaban J connectivity index is 1.60. The Hall–Kier alpha value is -1.20. The van der Waals surface area contributed by atoms with Gasteiger partial charge < -0.3 is 10.6 Å². The summed E-state index contributed by atoms with van der Waals surface area (Å²) in [6.07, 6.45) is 7.41. The quantitative estimate of drug-likeness (QED) is 0.908. The zero-order chi connectivity index (χ0) is 14.7. The third-order valence-corrected chi connectivity index (χ3v) is 4.79. The SMILES string of the molecule is CCCc1cc(N2CCC(N3CCC(N)CC3)C2)ncn1. The Labute approximate surface area is 127 Å². The Morgan fingerprint density at radius 3 is 2.76 bits per heavy atom. The number of piperidine rings is 1. The van der Waals surface area contributed by atoms with Crippen LogP contribution in [0, 0.1) is 0 Å². The second-order valence-corrected chi connectivity index (χ2v) is 6.38. The predicted octanol–water partition coefficient (Wildman–Crippen LogP) is 1.43. The van der Waals surface area contributed by atoms with Crippen LogP contribution in [0.1, 0.15) is 38.3 Å². The van der Waals surface area contributed by atoms with Crippen molar-refractivity contribution in [1.82, 2.24) is 14.9 Å². The lowest BCUT2D eigenvalue weighted by molar-refractivity contribution is 0.163. The molecule has 2 N–H and O–H groups in total. The van der Waals surface area contributed by atoms with Crippen LogP contribution in [0.15, 0.2) is 12.4 Å². The van der Waals surface area contributed by atoms with Crippen molar-refractivity contribution in [2.75, 3.05) is 31.1 Å². The van der Waals surface area contributed by atoms with Gasteiger partial charge >= 0.3 is 0 Å². The van der Waals surface area contributed by atoms with Crippen LogP contribution >= 0.6 is 0 Å². The minimum Gasteiger partial charge on any atom is -0.355 e. The van der Waals surface area contributed by atoms with Crippen LogP contribution in [-0.4, -0.2) is 53.1 Å². The highest BCUT2D eigenvalue weighted by molar-refractivity contribution is 5.40. The summed E-state index contributed by atoms with van der Waals surface area (Å²) in [7, 11) is 0. The average molecular weight is 289 g/mol. The van der Waals surface area contributed by atoms with Crippen molar-refractivity contribution < 1.29 is 0 Å². The van der Waals surface area contributed by atoms with Crippen molar-refractivity contribution >= 4 is 5.82 Å². The van der Waals surface area contributed by atoms with Crippen LogP contribution in [0.2, 0.25) is 0 Å². The van der Waals surface area contributed by atoms with Crippen molar-refractivity contribution in [2.24, 2.45) is 5.73 Å². The van der Waals surface area contributed by atoms with Gasteiger partial charge in [0.05, 0.1) is 0 Å². The number of rotatable bonds is 4. The van der Waals surface area contributed by atoms with E-state index in [1.807, 2.05) is 0 Å². The Kier molecular flexibility index (Phi) is 4.70. The molecule has 0 bridgehead atoms. The molecule has 5 heteroatoms. The lowest BCUT2D eigenvalue weighted by Gasteiger charge is -2.34. The molecule has 0 aromatic carbocycles. The van der Waals surface area contributed by atoms with E-state index < -0.39 is 0 Å². The molecular weight excluding hydrogens is 262 g/mol. The molecule has 0 spiro atoms. The van der Waals surface area contributed by atoms with E-state index in [1.54, 1.807) is 6.33 Å². The second kappa shape index (κ2) is 6.71. The molecule has 2 saturated heterocycles. The highest BCUT2D eigenvalue weighted by Gasteiger charge is 2.30. The van der Waals surface area contributed by atoms with E-state index in [4.69, 9.17) is 5.73 Å². The summed E-state index contributed by atoms with van der Waals surface area (Å²) in [5, 5.41) is 0. The first-order chi connectivity index (χ1) is 10.3. The summed E-state index contributed by atoms with van der Waals surface area (Å²) in [6.45, 7) is 6.71. The predicted molar refractivity (Wildman–Crippen MR) is 85.4 cm³/mol. The summed E-state index contributed by atoms with van der Waals surface area (Å²) >= 11 is 0. The fraction of sp³-hybridized carbons (Fsp3) is 0.750. The largest absolute Gasteiger partial charge is 0.355 e. The van der Waals surface area contributed by atoms with Crippen LogP contribution in [0.4, 0.5) is 5.82 Å². The third kappa shape index (κ3) is 3.52. The number of nitrogens with two attached hydrogens (primary N) is 1. The maximum absolute atomic E-state index is 6.01. The summed E-state index contributed by atoms with van der Waals surface area (Å²) in [4.78, 5) is 13.9. The topological polar surface area (TPSA) is 58.3 Å². The number of aromatic nitrogens is 2. The van der Waals surface area contributed by atoms with E-state index >= 15 is 0 Å². The van der Waals surface area contributed by atoms with Gasteiger partial charge in [-0.3, -0.25) is 4.90 Å². The van der Waals surface area contributed by atoms with Crippen LogP contribution in [-0.2, 0) is 6.42 Å². The number of hydrogen-bond acceptors (Lipinski definition) is 5. The van der Waals surface area contributed by atoms with Gasteiger partial charge in [0.2, 0.25) is 0 Å². The van der Waals surface area contributed by atoms with E-state index in [0.29, 0.717) is 12.1 Å². The van der Waals surface area contributed by atoms with E-state index in [0.717, 1.165) is 63.4 Å². The summed E-state index contributed by atoms with van der Waals surface area (Å²) in [5.74, 6) is 1.10. The number of aryl methyl sites for hydroxylation is 1. The van der Waals surface area contributed by atoms with Gasteiger partial charge in [-0.25, -0.2) is 9.97 Å². The standard InChI is InChI=1S/C16H27N5/c1-2-3-14-10-16(19-12-18-14)21-9-6-15(11-21)20-7-4-13(17)5-8-20/h10,12-13,15H,2-9,11,17H2,1H3. The monoisotopic (exact) mass is 289 g/mol. The summed E-state index contributed by atoms with van der Waals surface area (Å²) < 4.78 is 0. The first-order valence-corrected chi connectivity index (χ1v) is 8.31. The molecule has 3 heterocycles. The summed E-state index contributed by atoms with van der Waals surface area (Å²) in [6, 6.07) is 3.25. The Bertz CT molecular complexity index is 456. The minimum atomic E-state index is 0.414. The number of hydrogen-bond donors (Lipinski definition) is 1. The molecule has 0 aliphatic carbocycles. The van der Waals surface area contributed by atoms with Crippen molar-refractivity contribution in [3.8, 4) is 0 Å². The van der Waals surface area contributed by atoms with Crippen LogP contribution < -0.4 is 10.6 Å². The molecule has 0 amide bonds. The lowest BCUT2D eigenvalue weighted by atomic mass is 10.0. The summed E-state index contributed by atoms with van der Waals surface area (Å²) in [5.41, 5.74) is 7.17. The van der Waals surface area contributed by atoms with E-state index in [1.165, 1.54) is 6.42 Å². The van der Waals surface area contributed by atoms with E-state index in [2.05, 4.69) is 32.8 Å². The molecule has 1 unspecified atom stereocenters. The Morgan fingerprint density at radius 2 is 2.00 bits per heavy atom. The van der Waals surface area contributed by atoms with Crippen LogP contribution in [0.25, 0.3) is 0 Å². The molecule has 1 aromatic rings. The molecule has 3 rings (SSSR count). The molecule has 2 aliphatic rings. The fourth-order valence-corrected chi connectivity index (χ4v) is 3.48. The smallest absolute Gasteiger partial charge is 0.132 e. The number of likely N-dealkylation sites (tertiary alicyclic amines) is 1. The molecule has 1 atom stereocenters. The van der Waals surface area contributed by atoms with Crippen LogP contribution in [0.3, 0.4) is 0 Å². The van der Waals surface area contributed by atoms with Gasteiger partial charge in [0.15, 0.2) is 0 Å². The first-order valence-electron chi connectivity index (χ1n) is 8.31. The number of nitrogens with zero attached hydrogens (tertiary/aromatic N) is 4. The van der Waals surface area contributed by atoms with E-state index in [9.17, 15) is 0 Å². The molecule has 0 saturated carbocycles. The molecule has 2 aliphatic heterocycles. The van der Waals surface area contributed by atoms with E-state index in [-0.39, 0.29) is 0 Å². The van der Waals surface area contributed by atoms with Crippen molar-refractivity contribution in [1.29, 1.82) is 0 Å². The van der Waals surface area contributed by atoms with Gasteiger partial charge in [-0.15, -0.1) is 0 Å². The van der Waals surface area contributed by atoms with Gasteiger partial charge in [0.1, 0.15) is 12.1 Å². The van der Waals surface area contributed by atoms with Crippen molar-refractivity contribution in [3.05, 3.63) is 18.1 Å². The molecular formula is C16H27N5. The normalized spacial score (nSPS) is 24.7. The van der Waals surface area contributed by atoms with Crippen LogP contribution in [0.5, 0.6) is 0 Å². The maximum atomic E-state index is 6.01. The van der Waals surface area contributed by atoms with Crippen molar-refractivity contribution in [2.45, 2.75) is 51.1 Å². The molecule has 1 aromatic heterocycles. The van der Waals surface area contributed by atoms with Gasteiger partial charge in [0.25, 0.3) is 0 Å². The minimum absolute atomic E-state index is 0.414. The van der Waals surface area contributed by atoms with Crippen molar-refractivity contribution in [3.63, 3.8) is 0 Å². The highest BCUT2D eigenvalue weighted by Crippen LogP contribution is 2.23. The maximum Gasteiger partial charge on any atom is 0.132 e. The third-order valence-electron chi connectivity index (χ3n) is 4.79. The van der Waals surface area contributed by atoms with Gasteiger partial charge in [-0.05, 0) is 38.8 Å². The molecule has 2 fully saturated rings. The first kappa shape index (κ1) is 14.7. The van der Waals surface area contributed by atoms with Gasteiger partial charge in [-0.1, -0.05) is 13.3 Å². The van der Waals surface area contributed by atoms with Gasteiger partial charge in [0, 0.05) is 36.9 Å². The average Bonchev–Trinajstić information content (AvgIpc) is 2.98. The molecule has 21 heavy (non-hydrogen) atoms. The molecule has 5 nitrogen and oxygen atoms in total. The molecule has 0 radical (unpaired) electrons. The second-order valence-electron chi connectivity index (χ2n) is 6.38. The number of anilines is 1.